The standard InChI is InChI=1S/C15H23FN2O2/c1-4-7-18-11(3)13-6-5-12(8-14(13)16)20-9-10(2)15(17)19/h5-6,8,10-11,18H,4,7,9H2,1-3H3,(H2,17,19). The number of rotatable bonds is 8. The van der Waals surface area contributed by atoms with Crippen molar-refractivity contribution in [3.8, 4) is 5.75 Å². The van der Waals surface area contributed by atoms with Gasteiger partial charge in [0.05, 0.1) is 12.5 Å². The van der Waals surface area contributed by atoms with Crippen molar-refractivity contribution in [1.29, 1.82) is 0 Å². The molecule has 0 radical (unpaired) electrons. The molecule has 0 fully saturated rings. The van der Waals surface area contributed by atoms with Gasteiger partial charge < -0.3 is 15.8 Å². The highest BCUT2D eigenvalue weighted by Gasteiger charge is 2.13. The average Bonchev–Trinajstić information content (AvgIpc) is 2.42. The Morgan fingerprint density at radius 2 is 2.15 bits per heavy atom. The van der Waals surface area contributed by atoms with Gasteiger partial charge in [0.25, 0.3) is 0 Å². The second-order valence-corrected chi connectivity index (χ2v) is 4.97. The Bertz CT molecular complexity index is 451. The van der Waals surface area contributed by atoms with E-state index < -0.39 is 11.8 Å². The third-order valence-corrected chi connectivity index (χ3v) is 3.12. The van der Waals surface area contributed by atoms with E-state index >= 15 is 0 Å². The maximum absolute atomic E-state index is 14.0. The van der Waals surface area contributed by atoms with Gasteiger partial charge in [-0.2, -0.15) is 0 Å². The van der Waals surface area contributed by atoms with E-state index in [1.165, 1.54) is 6.07 Å². The second kappa shape index (κ2) is 7.85. The van der Waals surface area contributed by atoms with E-state index in [0.717, 1.165) is 13.0 Å². The summed E-state index contributed by atoms with van der Waals surface area (Å²) in [5.41, 5.74) is 5.74. The van der Waals surface area contributed by atoms with Gasteiger partial charge in [-0.3, -0.25) is 4.79 Å². The first kappa shape index (κ1) is 16.4. The van der Waals surface area contributed by atoms with E-state index in [4.69, 9.17) is 10.5 Å². The Balaban J connectivity index is 2.65. The summed E-state index contributed by atoms with van der Waals surface area (Å²) in [6.07, 6.45) is 0.998. The Labute approximate surface area is 119 Å². The summed E-state index contributed by atoms with van der Waals surface area (Å²) in [5, 5.41) is 3.23. The van der Waals surface area contributed by atoms with Gasteiger partial charge in [0.2, 0.25) is 5.91 Å². The number of primary amides is 1. The van der Waals surface area contributed by atoms with Crippen LogP contribution < -0.4 is 15.8 Å². The van der Waals surface area contributed by atoms with Gasteiger partial charge in [0.1, 0.15) is 11.6 Å². The molecule has 0 spiro atoms. The number of halogens is 1. The minimum absolute atomic E-state index is 0.0476. The second-order valence-electron chi connectivity index (χ2n) is 4.97. The van der Waals surface area contributed by atoms with Crippen LogP contribution in [0, 0.1) is 11.7 Å². The predicted octanol–water partition coefficient (Wildman–Crippen LogP) is 2.39. The SMILES string of the molecule is CCCNC(C)c1ccc(OCC(C)C(N)=O)cc1F. The van der Waals surface area contributed by atoms with Gasteiger partial charge in [-0.15, -0.1) is 0 Å². The molecular weight excluding hydrogens is 259 g/mol. The fourth-order valence-corrected chi connectivity index (χ4v) is 1.72. The molecule has 1 aromatic carbocycles. The van der Waals surface area contributed by atoms with Crippen LogP contribution in [0.4, 0.5) is 4.39 Å². The number of ether oxygens (including phenoxy) is 1. The van der Waals surface area contributed by atoms with Crippen LogP contribution in [0.3, 0.4) is 0 Å². The lowest BCUT2D eigenvalue weighted by molar-refractivity contribution is -0.122. The minimum Gasteiger partial charge on any atom is -0.493 e. The van der Waals surface area contributed by atoms with Crippen LogP contribution in [0.15, 0.2) is 18.2 Å². The topological polar surface area (TPSA) is 64.3 Å². The zero-order chi connectivity index (χ0) is 15.1. The normalized spacial score (nSPS) is 13.8. The van der Waals surface area contributed by atoms with Gasteiger partial charge in [0.15, 0.2) is 0 Å². The van der Waals surface area contributed by atoms with E-state index in [9.17, 15) is 9.18 Å². The summed E-state index contributed by atoms with van der Waals surface area (Å²) in [5.74, 6) is -0.741. The van der Waals surface area contributed by atoms with Crippen molar-refractivity contribution in [3.63, 3.8) is 0 Å². The summed E-state index contributed by atoms with van der Waals surface area (Å²) in [7, 11) is 0. The summed E-state index contributed by atoms with van der Waals surface area (Å²) in [6.45, 7) is 6.65. The number of nitrogens with two attached hydrogens (primary N) is 1. The fourth-order valence-electron chi connectivity index (χ4n) is 1.72. The quantitative estimate of drug-likeness (QED) is 0.769. The molecule has 0 saturated heterocycles. The third-order valence-electron chi connectivity index (χ3n) is 3.12. The van der Waals surface area contributed by atoms with Crippen LogP contribution in [0.1, 0.15) is 38.8 Å². The van der Waals surface area contributed by atoms with Crippen molar-refractivity contribution in [2.75, 3.05) is 13.2 Å². The molecule has 0 aliphatic carbocycles. The molecule has 20 heavy (non-hydrogen) atoms. The molecule has 0 bridgehead atoms. The molecule has 1 aromatic rings. The van der Waals surface area contributed by atoms with Gasteiger partial charge in [-0.1, -0.05) is 19.9 Å². The lowest BCUT2D eigenvalue weighted by Crippen LogP contribution is -2.25. The van der Waals surface area contributed by atoms with Gasteiger partial charge in [-0.05, 0) is 26.0 Å². The molecule has 2 unspecified atom stereocenters. The lowest BCUT2D eigenvalue weighted by Gasteiger charge is -2.16. The van der Waals surface area contributed by atoms with Crippen molar-refractivity contribution in [3.05, 3.63) is 29.6 Å². The molecule has 3 N–H and O–H groups in total. The smallest absolute Gasteiger partial charge is 0.223 e. The van der Waals surface area contributed by atoms with Crippen molar-refractivity contribution in [2.45, 2.75) is 33.2 Å². The maximum Gasteiger partial charge on any atom is 0.223 e. The molecule has 0 heterocycles. The summed E-state index contributed by atoms with van der Waals surface area (Å²) in [6, 6.07) is 4.70. The zero-order valence-corrected chi connectivity index (χ0v) is 12.3. The average molecular weight is 282 g/mol. The molecule has 2 atom stereocenters. The molecule has 0 saturated carbocycles. The molecule has 4 nitrogen and oxygen atoms in total. The first-order valence-electron chi connectivity index (χ1n) is 6.90. The van der Waals surface area contributed by atoms with Crippen LogP contribution >= 0.6 is 0 Å². The Hall–Kier alpha value is -1.62. The van der Waals surface area contributed by atoms with Crippen LogP contribution in [-0.4, -0.2) is 19.1 Å². The van der Waals surface area contributed by atoms with E-state index in [1.54, 1.807) is 19.1 Å². The highest BCUT2D eigenvalue weighted by molar-refractivity contribution is 5.76. The summed E-state index contributed by atoms with van der Waals surface area (Å²) < 4.78 is 19.4. The van der Waals surface area contributed by atoms with Crippen LogP contribution in [0.5, 0.6) is 5.75 Å². The monoisotopic (exact) mass is 282 g/mol. The summed E-state index contributed by atoms with van der Waals surface area (Å²) in [4.78, 5) is 10.9. The number of benzene rings is 1. The molecule has 0 aliphatic rings. The largest absolute Gasteiger partial charge is 0.493 e. The number of carbonyl (C=O) groups is 1. The number of hydrogen-bond acceptors (Lipinski definition) is 3. The van der Waals surface area contributed by atoms with Gasteiger partial charge in [0, 0.05) is 17.7 Å². The zero-order valence-electron chi connectivity index (χ0n) is 12.3. The highest BCUT2D eigenvalue weighted by atomic mass is 19.1. The van der Waals surface area contributed by atoms with E-state index in [-0.39, 0.29) is 18.5 Å². The molecular formula is C15H23FN2O2. The van der Waals surface area contributed by atoms with Gasteiger partial charge in [-0.25, -0.2) is 4.39 Å². The van der Waals surface area contributed by atoms with Crippen LogP contribution in [0.2, 0.25) is 0 Å². The van der Waals surface area contributed by atoms with Crippen molar-refractivity contribution < 1.29 is 13.9 Å². The number of hydrogen-bond donors (Lipinski definition) is 2. The van der Waals surface area contributed by atoms with Crippen LogP contribution in [0.25, 0.3) is 0 Å². The molecule has 0 aliphatic heterocycles. The molecule has 0 aromatic heterocycles. The van der Waals surface area contributed by atoms with Gasteiger partial charge >= 0.3 is 0 Å². The summed E-state index contributed by atoms with van der Waals surface area (Å²) >= 11 is 0. The van der Waals surface area contributed by atoms with Crippen molar-refractivity contribution >= 4 is 5.91 Å². The number of amides is 1. The maximum atomic E-state index is 14.0. The number of nitrogens with one attached hydrogen (secondary N) is 1. The Kier molecular flexibility index (Phi) is 6.45. The van der Waals surface area contributed by atoms with E-state index in [2.05, 4.69) is 12.2 Å². The fraction of sp³-hybridized carbons (Fsp3) is 0.533. The number of carbonyl (C=O) groups excluding carboxylic acids is 1. The molecule has 1 rings (SSSR count). The minimum atomic E-state index is -0.431. The Morgan fingerprint density at radius 1 is 1.45 bits per heavy atom. The van der Waals surface area contributed by atoms with E-state index in [1.807, 2.05) is 6.92 Å². The van der Waals surface area contributed by atoms with Crippen molar-refractivity contribution in [1.82, 2.24) is 5.32 Å². The molecule has 112 valence electrons. The Morgan fingerprint density at radius 3 is 2.70 bits per heavy atom. The highest BCUT2D eigenvalue weighted by Crippen LogP contribution is 2.22. The lowest BCUT2D eigenvalue weighted by atomic mass is 10.1. The third kappa shape index (κ3) is 4.81. The van der Waals surface area contributed by atoms with E-state index in [0.29, 0.717) is 11.3 Å². The first-order valence-corrected chi connectivity index (χ1v) is 6.90. The first-order chi connectivity index (χ1) is 9.45. The van der Waals surface area contributed by atoms with Crippen LogP contribution in [-0.2, 0) is 4.79 Å². The predicted molar refractivity (Wildman–Crippen MR) is 77.0 cm³/mol. The molecule has 1 amide bonds. The van der Waals surface area contributed by atoms with Crippen molar-refractivity contribution in [2.24, 2.45) is 11.7 Å². The molecule has 5 heteroatoms.